The van der Waals surface area contributed by atoms with Gasteiger partial charge in [-0.05, 0) is 38.1 Å². The molecule has 124 valence electrons. The highest BCUT2D eigenvalue weighted by Gasteiger charge is 2.21. The molecule has 0 amide bonds. The van der Waals surface area contributed by atoms with E-state index in [9.17, 15) is 0 Å². The molecule has 7 heteroatoms. The van der Waals surface area contributed by atoms with Crippen LogP contribution in [0.2, 0.25) is 0 Å². The first-order valence-electron chi connectivity index (χ1n) is 7.73. The summed E-state index contributed by atoms with van der Waals surface area (Å²) in [5.41, 5.74) is 5.86. The molecule has 1 aliphatic rings. The topological polar surface area (TPSA) is 67.5 Å². The van der Waals surface area contributed by atoms with Gasteiger partial charge in [0.15, 0.2) is 5.16 Å². The van der Waals surface area contributed by atoms with E-state index in [1.165, 1.54) is 24.6 Å². The number of piperidine rings is 1. The fraction of sp³-hybridized carbons (Fsp3) is 0.733. The molecule has 0 unspecified atom stereocenters. The molecule has 0 radical (unpaired) electrons. The first-order chi connectivity index (χ1) is 10.6. The minimum absolute atomic E-state index is 0.538. The zero-order chi connectivity index (χ0) is 15.9. The van der Waals surface area contributed by atoms with Crippen molar-refractivity contribution >= 4 is 23.4 Å². The lowest BCUT2D eigenvalue weighted by atomic mass is 9.96. The van der Waals surface area contributed by atoms with Gasteiger partial charge in [-0.25, -0.2) is 9.97 Å². The van der Waals surface area contributed by atoms with Crippen LogP contribution in [0.1, 0.15) is 12.8 Å². The van der Waals surface area contributed by atoms with Gasteiger partial charge in [0.05, 0.1) is 6.61 Å². The Morgan fingerprint density at radius 1 is 1.41 bits per heavy atom. The summed E-state index contributed by atoms with van der Waals surface area (Å²) in [6.07, 6.45) is 4.42. The van der Waals surface area contributed by atoms with Crippen molar-refractivity contribution in [2.75, 3.05) is 63.8 Å². The third-order valence-electron chi connectivity index (χ3n) is 4.14. The Labute approximate surface area is 137 Å². The molecular formula is C15H27N5OS. The number of aromatic nitrogens is 2. The highest BCUT2D eigenvalue weighted by atomic mass is 32.2. The van der Waals surface area contributed by atoms with Crippen LogP contribution in [-0.2, 0) is 4.74 Å². The molecule has 1 aromatic rings. The van der Waals surface area contributed by atoms with Gasteiger partial charge in [-0.3, -0.25) is 0 Å². The molecule has 1 saturated heterocycles. The number of anilines is 2. The number of likely N-dealkylation sites (tertiary alicyclic amines) is 1. The van der Waals surface area contributed by atoms with Gasteiger partial charge in [0, 0.05) is 33.3 Å². The van der Waals surface area contributed by atoms with Crippen molar-refractivity contribution in [2.24, 2.45) is 5.92 Å². The molecule has 0 aliphatic carbocycles. The lowest BCUT2D eigenvalue weighted by Crippen LogP contribution is -2.39. The van der Waals surface area contributed by atoms with Gasteiger partial charge in [-0.2, -0.15) is 0 Å². The molecule has 6 nitrogen and oxygen atoms in total. The van der Waals surface area contributed by atoms with Crippen molar-refractivity contribution in [3.05, 3.63) is 6.07 Å². The maximum absolute atomic E-state index is 5.86. The average Bonchev–Trinajstić information content (AvgIpc) is 2.53. The van der Waals surface area contributed by atoms with Crippen LogP contribution in [0.3, 0.4) is 0 Å². The van der Waals surface area contributed by atoms with Crippen molar-refractivity contribution in [3.8, 4) is 0 Å². The van der Waals surface area contributed by atoms with Gasteiger partial charge < -0.3 is 20.3 Å². The van der Waals surface area contributed by atoms with E-state index in [1.54, 1.807) is 7.11 Å². The second-order valence-electron chi connectivity index (χ2n) is 5.80. The Hall–Kier alpha value is -1.05. The maximum atomic E-state index is 5.86. The second-order valence-corrected chi connectivity index (χ2v) is 6.57. The van der Waals surface area contributed by atoms with Crippen LogP contribution in [0, 0.1) is 5.92 Å². The highest BCUT2D eigenvalue weighted by molar-refractivity contribution is 7.98. The summed E-state index contributed by atoms with van der Waals surface area (Å²) in [7, 11) is 3.85. The van der Waals surface area contributed by atoms with Crippen LogP contribution in [0.5, 0.6) is 0 Å². The largest absolute Gasteiger partial charge is 0.383 e. The van der Waals surface area contributed by atoms with Crippen molar-refractivity contribution < 1.29 is 4.74 Å². The summed E-state index contributed by atoms with van der Waals surface area (Å²) >= 11 is 1.52. The summed E-state index contributed by atoms with van der Waals surface area (Å²) in [6.45, 7) is 5.19. The molecule has 2 N–H and O–H groups in total. The number of ether oxygens (including phenoxy) is 1. The molecule has 1 aromatic heterocycles. The number of thioether (sulfide) groups is 1. The monoisotopic (exact) mass is 325 g/mol. The van der Waals surface area contributed by atoms with E-state index in [1.807, 2.05) is 12.3 Å². The van der Waals surface area contributed by atoms with Crippen LogP contribution in [0.4, 0.5) is 11.6 Å². The van der Waals surface area contributed by atoms with E-state index in [0.717, 1.165) is 43.8 Å². The number of hydrogen-bond acceptors (Lipinski definition) is 7. The SMILES string of the molecule is COCCN1CCC(CN(C)c2cc(N)nc(SC)n2)CC1. The minimum atomic E-state index is 0.538. The molecule has 1 aliphatic heterocycles. The number of nitrogen functional groups attached to an aromatic ring is 1. The molecule has 0 saturated carbocycles. The van der Waals surface area contributed by atoms with Crippen LogP contribution >= 0.6 is 11.8 Å². The summed E-state index contributed by atoms with van der Waals surface area (Å²) in [5, 5.41) is 0.733. The van der Waals surface area contributed by atoms with Gasteiger partial charge in [-0.15, -0.1) is 0 Å². The average molecular weight is 325 g/mol. The van der Waals surface area contributed by atoms with Crippen LogP contribution < -0.4 is 10.6 Å². The zero-order valence-electron chi connectivity index (χ0n) is 13.8. The zero-order valence-corrected chi connectivity index (χ0v) is 14.6. The van der Waals surface area contributed by atoms with E-state index in [4.69, 9.17) is 10.5 Å². The van der Waals surface area contributed by atoms with Crippen molar-refractivity contribution in [1.29, 1.82) is 0 Å². The van der Waals surface area contributed by atoms with Crippen molar-refractivity contribution in [3.63, 3.8) is 0 Å². The quantitative estimate of drug-likeness (QED) is 0.603. The highest BCUT2D eigenvalue weighted by Crippen LogP contribution is 2.22. The van der Waals surface area contributed by atoms with Crippen LogP contribution in [-0.4, -0.2) is 68.1 Å². The molecule has 2 heterocycles. The Kier molecular flexibility index (Phi) is 6.72. The predicted octanol–water partition coefficient (Wildman–Crippen LogP) is 1.58. The number of methoxy groups -OCH3 is 1. The fourth-order valence-corrected chi connectivity index (χ4v) is 3.19. The Morgan fingerprint density at radius 2 is 2.14 bits per heavy atom. The van der Waals surface area contributed by atoms with Gasteiger partial charge in [-0.1, -0.05) is 11.8 Å². The standard InChI is InChI=1S/C15H27N5OS/c1-19(14-10-13(16)17-15(18-14)22-3)11-12-4-6-20(7-5-12)8-9-21-2/h10,12H,4-9,11H2,1-3H3,(H2,16,17,18). The van der Waals surface area contributed by atoms with Crippen LogP contribution in [0.25, 0.3) is 0 Å². The van der Waals surface area contributed by atoms with E-state index in [-0.39, 0.29) is 0 Å². The minimum Gasteiger partial charge on any atom is -0.383 e. The Morgan fingerprint density at radius 3 is 2.77 bits per heavy atom. The van der Waals surface area contributed by atoms with Gasteiger partial charge in [0.1, 0.15) is 11.6 Å². The molecule has 2 rings (SSSR count). The number of hydrogen-bond donors (Lipinski definition) is 1. The molecule has 0 spiro atoms. The first kappa shape index (κ1) is 17.3. The normalized spacial score (nSPS) is 16.9. The summed E-state index contributed by atoms with van der Waals surface area (Å²) in [6, 6.07) is 1.85. The maximum Gasteiger partial charge on any atom is 0.191 e. The first-order valence-corrected chi connectivity index (χ1v) is 8.95. The number of rotatable bonds is 7. The third kappa shape index (κ3) is 5.00. The van der Waals surface area contributed by atoms with E-state index < -0.39 is 0 Å². The smallest absolute Gasteiger partial charge is 0.191 e. The fourth-order valence-electron chi connectivity index (χ4n) is 2.81. The molecule has 0 aromatic carbocycles. The lowest BCUT2D eigenvalue weighted by molar-refractivity contribution is 0.121. The molecule has 22 heavy (non-hydrogen) atoms. The molecule has 0 atom stereocenters. The van der Waals surface area contributed by atoms with Gasteiger partial charge in [0.25, 0.3) is 0 Å². The third-order valence-corrected chi connectivity index (χ3v) is 4.68. The Balaban J connectivity index is 1.85. The summed E-state index contributed by atoms with van der Waals surface area (Å²) < 4.78 is 5.15. The number of nitrogens with zero attached hydrogens (tertiary/aromatic N) is 4. The van der Waals surface area contributed by atoms with E-state index in [0.29, 0.717) is 11.7 Å². The van der Waals surface area contributed by atoms with E-state index in [2.05, 4.69) is 26.8 Å². The van der Waals surface area contributed by atoms with Gasteiger partial charge in [0.2, 0.25) is 0 Å². The molecule has 0 bridgehead atoms. The Bertz CT molecular complexity index is 465. The summed E-state index contributed by atoms with van der Waals surface area (Å²) in [4.78, 5) is 13.4. The van der Waals surface area contributed by atoms with Gasteiger partial charge >= 0.3 is 0 Å². The van der Waals surface area contributed by atoms with Crippen molar-refractivity contribution in [1.82, 2.24) is 14.9 Å². The predicted molar refractivity (Wildman–Crippen MR) is 92.5 cm³/mol. The van der Waals surface area contributed by atoms with E-state index >= 15 is 0 Å². The lowest BCUT2D eigenvalue weighted by Gasteiger charge is -2.34. The van der Waals surface area contributed by atoms with Crippen molar-refractivity contribution in [2.45, 2.75) is 18.0 Å². The number of nitrogens with two attached hydrogens (primary N) is 1. The second kappa shape index (κ2) is 8.55. The van der Waals surface area contributed by atoms with Crippen LogP contribution in [0.15, 0.2) is 11.2 Å². The molecule has 1 fully saturated rings. The molecular weight excluding hydrogens is 298 g/mol. The summed E-state index contributed by atoms with van der Waals surface area (Å²) in [5.74, 6) is 2.16.